The van der Waals surface area contributed by atoms with Crippen LogP contribution in [0.5, 0.6) is 0 Å². The summed E-state index contributed by atoms with van der Waals surface area (Å²) in [4.78, 5) is 29.4. The Bertz CT molecular complexity index is 598. The van der Waals surface area contributed by atoms with Crippen molar-refractivity contribution in [1.29, 1.82) is 0 Å². The van der Waals surface area contributed by atoms with Crippen molar-refractivity contribution in [2.24, 2.45) is 11.8 Å². The highest BCUT2D eigenvalue weighted by Crippen LogP contribution is 2.28. The van der Waals surface area contributed by atoms with Crippen LogP contribution in [0.4, 0.5) is 4.79 Å². The van der Waals surface area contributed by atoms with Crippen LogP contribution in [0.25, 0.3) is 0 Å². The summed E-state index contributed by atoms with van der Waals surface area (Å²) >= 11 is 5.76. The summed E-state index contributed by atoms with van der Waals surface area (Å²) in [7, 11) is 0. The molecular formula is C17H23ClN2O4. The molecule has 1 aromatic rings. The number of hydrogen-bond acceptors (Lipinski definition) is 4. The monoisotopic (exact) mass is 354 g/mol. The number of pyridine rings is 1. The Morgan fingerprint density at radius 1 is 1.46 bits per heavy atom. The van der Waals surface area contributed by atoms with Gasteiger partial charge in [-0.05, 0) is 51.2 Å². The largest absolute Gasteiger partial charge is 0.481 e. The van der Waals surface area contributed by atoms with Crippen LogP contribution in [0, 0.1) is 11.8 Å². The lowest BCUT2D eigenvalue weighted by Gasteiger charge is -2.25. The smallest absolute Gasteiger partial charge is 0.410 e. The van der Waals surface area contributed by atoms with Crippen LogP contribution >= 0.6 is 11.6 Å². The quantitative estimate of drug-likeness (QED) is 0.839. The molecule has 1 aliphatic heterocycles. The Morgan fingerprint density at radius 2 is 2.17 bits per heavy atom. The molecule has 0 spiro atoms. The minimum atomic E-state index is -0.860. The third-order valence-corrected chi connectivity index (χ3v) is 4.23. The van der Waals surface area contributed by atoms with Gasteiger partial charge in [0.05, 0.1) is 5.92 Å². The van der Waals surface area contributed by atoms with E-state index < -0.39 is 17.5 Å². The van der Waals surface area contributed by atoms with Gasteiger partial charge in [0.25, 0.3) is 0 Å². The van der Waals surface area contributed by atoms with E-state index in [0.717, 1.165) is 5.56 Å². The van der Waals surface area contributed by atoms with Crippen LogP contribution in [-0.2, 0) is 16.0 Å². The van der Waals surface area contributed by atoms with Gasteiger partial charge in [-0.3, -0.25) is 4.79 Å². The summed E-state index contributed by atoms with van der Waals surface area (Å²) in [5, 5.41) is 9.96. The summed E-state index contributed by atoms with van der Waals surface area (Å²) in [6, 6.07) is 3.43. The van der Waals surface area contributed by atoms with Crippen molar-refractivity contribution in [3.63, 3.8) is 0 Å². The third-order valence-electron chi connectivity index (χ3n) is 4.01. The van der Waals surface area contributed by atoms with E-state index in [0.29, 0.717) is 31.1 Å². The molecule has 2 atom stereocenters. The van der Waals surface area contributed by atoms with Crippen molar-refractivity contribution in [3.05, 3.63) is 29.0 Å². The lowest BCUT2D eigenvalue weighted by molar-refractivity contribution is -0.143. The van der Waals surface area contributed by atoms with Gasteiger partial charge in [-0.25, -0.2) is 9.78 Å². The van der Waals surface area contributed by atoms with Gasteiger partial charge in [0.2, 0.25) is 0 Å². The second-order valence-electron chi connectivity index (χ2n) is 7.11. The highest BCUT2D eigenvalue weighted by molar-refractivity contribution is 6.29. The summed E-state index contributed by atoms with van der Waals surface area (Å²) in [5.74, 6) is -1.54. The second kappa shape index (κ2) is 7.38. The number of rotatable bonds is 4. The normalized spacial score (nSPS) is 19.2. The van der Waals surface area contributed by atoms with Gasteiger partial charge >= 0.3 is 12.1 Å². The second-order valence-corrected chi connectivity index (χ2v) is 7.50. The number of aliphatic carboxylic acids is 1. The number of halogens is 1. The number of likely N-dealkylation sites (tertiary alicyclic amines) is 1. The van der Waals surface area contributed by atoms with E-state index in [4.69, 9.17) is 16.3 Å². The predicted octanol–water partition coefficient (Wildman–Crippen LogP) is 3.24. The Balaban J connectivity index is 2.01. The van der Waals surface area contributed by atoms with E-state index in [9.17, 15) is 14.7 Å². The van der Waals surface area contributed by atoms with E-state index in [1.54, 1.807) is 23.2 Å². The topological polar surface area (TPSA) is 79.7 Å². The van der Waals surface area contributed by atoms with Crippen LogP contribution in [0.1, 0.15) is 32.8 Å². The molecule has 1 fully saturated rings. The zero-order chi connectivity index (χ0) is 17.9. The Hall–Kier alpha value is -1.82. The van der Waals surface area contributed by atoms with Crippen molar-refractivity contribution in [3.8, 4) is 0 Å². The average Bonchev–Trinajstić information content (AvgIpc) is 2.94. The zero-order valence-corrected chi connectivity index (χ0v) is 14.9. The Labute approximate surface area is 146 Å². The molecule has 1 aromatic heterocycles. The molecular weight excluding hydrogens is 332 g/mol. The fourth-order valence-corrected chi connectivity index (χ4v) is 2.96. The number of ether oxygens (including phenoxy) is 1. The molecule has 0 radical (unpaired) electrons. The van der Waals surface area contributed by atoms with Crippen LogP contribution < -0.4 is 0 Å². The number of carboxylic acid groups (broad SMARTS) is 1. The molecule has 0 saturated carbocycles. The lowest BCUT2D eigenvalue weighted by atomic mass is 9.86. The summed E-state index contributed by atoms with van der Waals surface area (Å²) in [6.07, 6.45) is 2.23. The van der Waals surface area contributed by atoms with E-state index in [-0.39, 0.29) is 12.0 Å². The van der Waals surface area contributed by atoms with Gasteiger partial charge in [0.15, 0.2) is 0 Å². The number of hydrogen-bond donors (Lipinski definition) is 1. The average molecular weight is 355 g/mol. The summed E-state index contributed by atoms with van der Waals surface area (Å²) < 4.78 is 5.36. The number of amides is 1. The number of aromatic nitrogens is 1. The van der Waals surface area contributed by atoms with Gasteiger partial charge < -0.3 is 14.7 Å². The summed E-state index contributed by atoms with van der Waals surface area (Å²) in [5.41, 5.74) is 0.263. The van der Waals surface area contributed by atoms with E-state index in [2.05, 4.69) is 4.98 Å². The zero-order valence-electron chi connectivity index (χ0n) is 14.2. The van der Waals surface area contributed by atoms with E-state index in [1.165, 1.54) is 0 Å². The fraction of sp³-hybridized carbons (Fsp3) is 0.588. The molecule has 6 nitrogen and oxygen atoms in total. The first-order valence-corrected chi connectivity index (χ1v) is 8.34. The molecule has 0 aromatic carbocycles. The van der Waals surface area contributed by atoms with Gasteiger partial charge in [-0.1, -0.05) is 17.7 Å². The van der Waals surface area contributed by atoms with Gasteiger partial charge in [-0.15, -0.1) is 0 Å². The fourth-order valence-electron chi connectivity index (χ4n) is 2.84. The van der Waals surface area contributed by atoms with Crippen molar-refractivity contribution in [2.75, 3.05) is 13.1 Å². The maximum Gasteiger partial charge on any atom is 0.410 e. The molecule has 132 valence electrons. The molecule has 1 aliphatic rings. The minimum absolute atomic E-state index is 0.106. The lowest BCUT2D eigenvalue weighted by Crippen LogP contribution is -2.36. The first kappa shape index (κ1) is 18.5. The molecule has 24 heavy (non-hydrogen) atoms. The maximum atomic E-state index is 12.1. The summed E-state index contributed by atoms with van der Waals surface area (Å²) in [6.45, 7) is 6.35. The van der Waals surface area contributed by atoms with Crippen LogP contribution in [-0.4, -0.2) is 45.7 Å². The highest BCUT2D eigenvalue weighted by Gasteiger charge is 2.37. The van der Waals surface area contributed by atoms with Crippen LogP contribution in [0.3, 0.4) is 0 Å². The highest BCUT2D eigenvalue weighted by atomic mass is 35.5. The predicted molar refractivity (Wildman–Crippen MR) is 90.0 cm³/mol. The maximum absolute atomic E-state index is 12.1. The van der Waals surface area contributed by atoms with Crippen molar-refractivity contribution in [2.45, 2.75) is 39.2 Å². The Morgan fingerprint density at radius 3 is 2.71 bits per heavy atom. The number of carboxylic acids is 1. The molecule has 0 unspecified atom stereocenters. The first-order valence-electron chi connectivity index (χ1n) is 7.97. The van der Waals surface area contributed by atoms with Crippen LogP contribution in [0.2, 0.25) is 5.15 Å². The van der Waals surface area contributed by atoms with Crippen molar-refractivity contribution in [1.82, 2.24) is 9.88 Å². The molecule has 7 heteroatoms. The standard InChI is InChI=1S/C17H23ClN2O4/c1-17(2,3)24-16(23)20-7-6-12(10-20)13(15(21)22)8-11-4-5-14(18)19-9-11/h4-5,9,12-13H,6-8,10H2,1-3H3,(H,21,22)/t12-,13+/m0/s1. The first-order chi connectivity index (χ1) is 11.2. The van der Waals surface area contributed by atoms with Crippen LogP contribution in [0.15, 0.2) is 18.3 Å². The van der Waals surface area contributed by atoms with Crippen molar-refractivity contribution < 1.29 is 19.4 Å². The minimum Gasteiger partial charge on any atom is -0.481 e. The van der Waals surface area contributed by atoms with Gasteiger partial charge in [-0.2, -0.15) is 0 Å². The molecule has 0 aliphatic carbocycles. The van der Waals surface area contributed by atoms with Crippen molar-refractivity contribution >= 4 is 23.7 Å². The van der Waals surface area contributed by atoms with E-state index >= 15 is 0 Å². The Kier molecular flexibility index (Phi) is 5.70. The van der Waals surface area contributed by atoms with Gasteiger partial charge in [0.1, 0.15) is 10.8 Å². The molecule has 2 rings (SSSR count). The number of carbonyl (C=O) groups is 2. The molecule has 1 saturated heterocycles. The van der Waals surface area contributed by atoms with Gasteiger partial charge in [0, 0.05) is 19.3 Å². The third kappa shape index (κ3) is 5.09. The van der Waals surface area contributed by atoms with E-state index in [1.807, 2.05) is 20.8 Å². The molecule has 2 heterocycles. The number of carbonyl (C=O) groups excluding carboxylic acids is 1. The molecule has 1 amide bonds. The number of nitrogens with zero attached hydrogens (tertiary/aromatic N) is 2. The SMILES string of the molecule is CC(C)(C)OC(=O)N1CC[C@H]([C@@H](Cc2ccc(Cl)nc2)C(=O)O)C1. The molecule has 1 N–H and O–H groups in total. The molecule has 0 bridgehead atoms.